The summed E-state index contributed by atoms with van der Waals surface area (Å²) in [6, 6.07) is 25.1. The molecule has 0 atom stereocenters. The summed E-state index contributed by atoms with van der Waals surface area (Å²) in [5, 5.41) is 0. The Hall–Kier alpha value is -3.33. The van der Waals surface area contributed by atoms with Gasteiger partial charge in [0.2, 0.25) is 0 Å². The summed E-state index contributed by atoms with van der Waals surface area (Å²) in [6.07, 6.45) is 12.5. The molecular weight excluding hydrogens is 492 g/mol. The van der Waals surface area contributed by atoms with Gasteiger partial charge >= 0.3 is 5.97 Å². The third-order valence-electron chi connectivity index (χ3n) is 8.32. The normalized spacial score (nSPS) is 16.9. The van der Waals surface area contributed by atoms with Gasteiger partial charge in [-0.05, 0) is 122 Å². The number of rotatable bonds is 14. The van der Waals surface area contributed by atoms with Crippen molar-refractivity contribution in [2.75, 3.05) is 13.2 Å². The van der Waals surface area contributed by atoms with Crippen LogP contribution in [0.1, 0.15) is 98.8 Å². The zero-order valence-corrected chi connectivity index (χ0v) is 24.5. The number of aryl methyl sites for hydroxylation is 2. The third-order valence-corrected chi connectivity index (χ3v) is 8.32. The standard InChI is InChI=1S/C37H46O3/c1-4-10-29-11-13-33(14-12-29)36-24-21-34(27-28(36)3)32-17-15-30(16-18-32)31-19-22-35(23-20-31)39-25-8-6-7-9-26-40-37(38)5-2/h5,11-14,19-24,27,30,32H,2,4,6-10,15-18,25-26H2,1,3H3. The molecule has 0 aliphatic heterocycles. The molecule has 0 unspecified atom stereocenters. The van der Waals surface area contributed by atoms with Gasteiger partial charge in [0.1, 0.15) is 5.75 Å². The number of ether oxygens (including phenoxy) is 2. The molecular formula is C37H46O3. The van der Waals surface area contributed by atoms with Crippen LogP contribution in [0.3, 0.4) is 0 Å². The molecule has 1 aliphatic carbocycles. The minimum Gasteiger partial charge on any atom is -0.494 e. The Morgan fingerprint density at radius 2 is 1.45 bits per heavy atom. The molecule has 0 saturated heterocycles. The molecule has 3 heteroatoms. The molecule has 0 aromatic heterocycles. The van der Waals surface area contributed by atoms with Crippen molar-refractivity contribution < 1.29 is 14.3 Å². The lowest BCUT2D eigenvalue weighted by atomic mass is 9.76. The first kappa shape index (κ1) is 29.6. The van der Waals surface area contributed by atoms with Crippen molar-refractivity contribution in [2.24, 2.45) is 0 Å². The van der Waals surface area contributed by atoms with Crippen LogP contribution in [0.15, 0.2) is 79.4 Å². The van der Waals surface area contributed by atoms with Crippen LogP contribution >= 0.6 is 0 Å². The number of unbranched alkanes of at least 4 members (excludes halogenated alkanes) is 3. The average Bonchev–Trinajstić information content (AvgIpc) is 2.99. The fraction of sp³-hybridized carbons (Fsp3) is 0.432. The van der Waals surface area contributed by atoms with Gasteiger partial charge in [0.25, 0.3) is 0 Å². The number of carbonyl (C=O) groups is 1. The van der Waals surface area contributed by atoms with E-state index in [1.807, 2.05) is 0 Å². The number of hydrogen-bond acceptors (Lipinski definition) is 3. The lowest BCUT2D eigenvalue weighted by Crippen LogP contribution is -2.12. The highest BCUT2D eigenvalue weighted by Gasteiger charge is 2.24. The molecule has 4 rings (SSSR count). The Morgan fingerprint density at radius 3 is 2.08 bits per heavy atom. The smallest absolute Gasteiger partial charge is 0.330 e. The Kier molecular flexibility index (Phi) is 11.5. The van der Waals surface area contributed by atoms with Crippen molar-refractivity contribution >= 4 is 5.97 Å². The summed E-state index contributed by atoms with van der Waals surface area (Å²) >= 11 is 0. The van der Waals surface area contributed by atoms with Crippen molar-refractivity contribution in [3.05, 3.63) is 102 Å². The van der Waals surface area contributed by atoms with Crippen LogP contribution in [0.25, 0.3) is 11.1 Å². The highest BCUT2D eigenvalue weighted by Crippen LogP contribution is 2.41. The first-order valence-electron chi connectivity index (χ1n) is 15.3. The molecule has 0 spiro atoms. The van der Waals surface area contributed by atoms with Gasteiger partial charge in [0.15, 0.2) is 0 Å². The topological polar surface area (TPSA) is 35.5 Å². The van der Waals surface area contributed by atoms with E-state index in [2.05, 4.69) is 87.2 Å². The fourth-order valence-electron chi connectivity index (χ4n) is 5.98. The average molecular weight is 539 g/mol. The van der Waals surface area contributed by atoms with E-state index in [0.717, 1.165) is 44.5 Å². The second-order valence-corrected chi connectivity index (χ2v) is 11.3. The second kappa shape index (κ2) is 15.5. The van der Waals surface area contributed by atoms with Crippen LogP contribution in [-0.2, 0) is 16.0 Å². The highest BCUT2D eigenvalue weighted by molar-refractivity contribution is 5.81. The summed E-state index contributed by atoms with van der Waals surface area (Å²) in [5.41, 5.74) is 8.43. The maximum absolute atomic E-state index is 11.0. The predicted octanol–water partition coefficient (Wildman–Crippen LogP) is 9.72. The van der Waals surface area contributed by atoms with Crippen molar-refractivity contribution in [2.45, 2.75) is 89.9 Å². The number of hydrogen-bond donors (Lipinski definition) is 0. The maximum atomic E-state index is 11.0. The van der Waals surface area contributed by atoms with E-state index in [4.69, 9.17) is 9.47 Å². The van der Waals surface area contributed by atoms with E-state index in [1.165, 1.54) is 71.6 Å². The molecule has 3 aromatic carbocycles. The van der Waals surface area contributed by atoms with Crippen molar-refractivity contribution in [1.82, 2.24) is 0 Å². The molecule has 0 amide bonds. The summed E-state index contributed by atoms with van der Waals surface area (Å²) in [7, 11) is 0. The van der Waals surface area contributed by atoms with Gasteiger partial charge in [0.05, 0.1) is 13.2 Å². The van der Waals surface area contributed by atoms with Gasteiger partial charge in [-0.2, -0.15) is 0 Å². The summed E-state index contributed by atoms with van der Waals surface area (Å²) < 4.78 is 11.0. The van der Waals surface area contributed by atoms with Gasteiger partial charge in [0, 0.05) is 6.08 Å². The van der Waals surface area contributed by atoms with Crippen LogP contribution in [0.4, 0.5) is 0 Å². The maximum Gasteiger partial charge on any atom is 0.330 e. The minimum absolute atomic E-state index is 0.343. The molecule has 1 fully saturated rings. The second-order valence-electron chi connectivity index (χ2n) is 11.3. The molecule has 40 heavy (non-hydrogen) atoms. The number of esters is 1. The van der Waals surface area contributed by atoms with Gasteiger partial charge in [-0.25, -0.2) is 4.79 Å². The first-order valence-corrected chi connectivity index (χ1v) is 15.3. The Labute approximate surface area is 241 Å². The van der Waals surface area contributed by atoms with Crippen LogP contribution < -0.4 is 4.74 Å². The molecule has 1 saturated carbocycles. The van der Waals surface area contributed by atoms with E-state index in [0.29, 0.717) is 18.4 Å². The molecule has 0 N–H and O–H groups in total. The highest BCUT2D eigenvalue weighted by atomic mass is 16.5. The molecule has 212 valence electrons. The summed E-state index contributed by atoms with van der Waals surface area (Å²) in [4.78, 5) is 11.0. The largest absolute Gasteiger partial charge is 0.494 e. The van der Waals surface area contributed by atoms with Gasteiger partial charge in [-0.1, -0.05) is 74.5 Å². The van der Waals surface area contributed by atoms with Crippen molar-refractivity contribution in [3.8, 4) is 16.9 Å². The fourth-order valence-corrected chi connectivity index (χ4v) is 5.98. The molecule has 0 bridgehead atoms. The van der Waals surface area contributed by atoms with Gasteiger partial charge in [-0.3, -0.25) is 0 Å². The monoisotopic (exact) mass is 538 g/mol. The quantitative estimate of drug-likeness (QED) is 0.116. The third kappa shape index (κ3) is 8.58. The molecule has 1 aliphatic rings. The predicted molar refractivity (Wildman–Crippen MR) is 166 cm³/mol. The van der Waals surface area contributed by atoms with E-state index in [-0.39, 0.29) is 5.97 Å². The summed E-state index contributed by atoms with van der Waals surface area (Å²) in [5.74, 6) is 1.91. The SMILES string of the molecule is C=CC(=O)OCCCCCCOc1ccc(C2CCC(c3ccc(-c4ccc(CCC)cc4)c(C)c3)CC2)cc1. The zero-order valence-electron chi connectivity index (χ0n) is 24.5. The van der Waals surface area contributed by atoms with Crippen LogP contribution in [-0.4, -0.2) is 19.2 Å². The van der Waals surface area contributed by atoms with E-state index in [1.54, 1.807) is 0 Å². The van der Waals surface area contributed by atoms with Crippen LogP contribution in [0, 0.1) is 6.92 Å². The zero-order chi connectivity index (χ0) is 28.2. The Bertz CT molecular complexity index is 1200. The van der Waals surface area contributed by atoms with Crippen LogP contribution in [0.5, 0.6) is 5.75 Å². The van der Waals surface area contributed by atoms with Gasteiger partial charge in [-0.15, -0.1) is 0 Å². The summed E-state index contributed by atoms with van der Waals surface area (Å²) in [6.45, 7) is 9.09. The van der Waals surface area contributed by atoms with E-state index < -0.39 is 0 Å². The molecule has 3 aromatic rings. The Balaban J connectivity index is 1.19. The molecule has 0 radical (unpaired) electrons. The Morgan fingerprint density at radius 1 is 0.825 bits per heavy atom. The van der Waals surface area contributed by atoms with E-state index >= 15 is 0 Å². The molecule has 3 nitrogen and oxygen atoms in total. The van der Waals surface area contributed by atoms with Crippen molar-refractivity contribution in [1.29, 1.82) is 0 Å². The number of carbonyl (C=O) groups excluding carboxylic acids is 1. The number of benzene rings is 3. The lowest BCUT2D eigenvalue weighted by Gasteiger charge is -2.29. The first-order chi connectivity index (χ1) is 19.6. The van der Waals surface area contributed by atoms with Crippen molar-refractivity contribution in [3.63, 3.8) is 0 Å². The van der Waals surface area contributed by atoms with E-state index in [9.17, 15) is 4.79 Å². The minimum atomic E-state index is -0.343. The molecule has 0 heterocycles. The lowest BCUT2D eigenvalue weighted by molar-refractivity contribution is -0.137. The van der Waals surface area contributed by atoms with Gasteiger partial charge < -0.3 is 9.47 Å². The van der Waals surface area contributed by atoms with Crippen LogP contribution in [0.2, 0.25) is 0 Å².